The maximum atomic E-state index is 11.5. The van der Waals surface area contributed by atoms with Gasteiger partial charge in [-0.05, 0) is 30.4 Å². The largest absolute Gasteiger partial charge is 0.465 e. The molecule has 88 valence electrons. The SMILES string of the molecule is COC(=O)c1ccccc1[C@@H](N)C1CC1.Cl. The lowest BCUT2D eigenvalue weighted by Gasteiger charge is -2.14. The van der Waals surface area contributed by atoms with Crippen LogP contribution < -0.4 is 5.73 Å². The molecule has 0 aromatic heterocycles. The van der Waals surface area contributed by atoms with Crippen molar-refractivity contribution in [2.75, 3.05) is 7.11 Å². The number of carbonyl (C=O) groups excluding carboxylic acids is 1. The second kappa shape index (κ2) is 5.32. The standard InChI is InChI=1S/C12H15NO2.ClH/c1-15-12(14)10-5-3-2-4-9(10)11(13)8-6-7-8;/h2-5,8,11H,6-7,13H2,1H3;1H/t11-;/m0./s1. The molecule has 1 atom stereocenters. The molecule has 0 aliphatic heterocycles. The molecule has 1 aliphatic rings. The van der Waals surface area contributed by atoms with Crippen LogP contribution in [-0.2, 0) is 4.74 Å². The third-order valence-corrected chi connectivity index (χ3v) is 2.86. The zero-order valence-corrected chi connectivity index (χ0v) is 10.00. The molecule has 2 rings (SSSR count). The number of hydrogen-bond donors (Lipinski definition) is 1. The Morgan fingerprint density at radius 1 is 1.44 bits per heavy atom. The van der Waals surface area contributed by atoms with E-state index in [-0.39, 0.29) is 24.4 Å². The van der Waals surface area contributed by atoms with Gasteiger partial charge in [-0.15, -0.1) is 12.4 Å². The van der Waals surface area contributed by atoms with Crippen LogP contribution in [0.3, 0.4) is 0 Å². The van der Waals surface area contributed by atoms with E-state index < -0.39 is 0 Å². The molecule has 1 aromatic carbocycles. The van der Waals surface area contributed by atoms with E-state index in [9.17, 15) is 4.79 Å². The van der Waals surface area contributed by atoms with Crippen molar-refractivity contribution in [3.63, 3.8) is 0 Å². The Labute approximate surface area is 101 Å². The van der Waals surface area contributed by atoms with Crippen LogP contribution in [0.25, 0.3) is 0 Å². The highest BCUT2D eigenvalue weighted by atomic mass is 35.5. The van der Waals surface area contributed by atoms with Gasteiger partial charge in [0.05, 0.1) is 12.7 Å². The summed E-state index contributed by atoms with van der Waals surface area (Å²) < 4.78 is 4.73. The summed E-state index contributed by atoms with van der Waals surface area (Å²) in [5.74, 6) is 0.234. The number of methoxy groups -OCH3 is 1. The normalized spacial score (nSPS) is 16.1. The van der Waals surface area contributed by atoms with E-state index in [1.54, 1.807) is 6.07 Å². The third-order valence-electron chi connectivity index (χ3n) is 2.86. The van der Waals surface area contributed by atoms with E-state index >= 15 is 0 Å². The molecule has 0 heterocycles. The van der Waals surface area contributed by atoms with Crippen molar-refractivity contribution in [2.24, 2.45) is 11.7 Å². The fourth-order valence-corrected chi connectivity index (χ4v) is 1.79. The Morgan fingerprint density at radius 3 is 2.62 bits per heavy atom. The van der Waals surface area contributed by atoms with Crippen LogP contribution in [0.4, 0.5) is 0 Å². The van der Waals surface area contributed by atoms with Crippen molar-refractivity contribution in [3.05, 3.63) is 35.4 Å². The van der Waals surface area contributed by atoms with Gasteiger partial charge in [0.1, 0.15) is 0 Å². The van der Waals surface area contributed by atoms with Crippen molar-refractivity contribution in [1.82, 2.24) is 0 Å². The summed E-state index contributed by atoms with van der Waals surface area (Å²) in [7, 11) is 1.39. The molecule has 1 saturated carbocycles. The zero-order chi connectivity index (χ0) is 10.8. The summed E-state index contributed by atoms with van der Waals surface area (Å²) in [4.78, 5) is 11.5. The first kappa shape index (κ1) is 13.0. The summed E-state index contributed by atoms with van der Waals surface area (Å²) in [5, 5.41) is 0. The summed E-state index contributed by atoms with van der Waals surface area (Å²) in [6.07, 6.45) is 2.33. The lowest BCUT2D eigenvalue weighted by Crippen LogP contribution is -2.17. The van der Waals surface area contributed by atoms with Crippen molar-refractivity contribution in [2.45, 2.75) is 18.9 Å². The molecule has 0 unspecified atom stereocenters. The molecule has 16 heavy (non-hydrogen) atoms. The third kappa shape index (κ3) is 2.54. The summed E-state index contributed by atoms with van der Waals surface area (Å²) in [5.41, 5.74) is 7.59. The van der Waals surface area contributed by atoms with Crippen LogP contribution in [0.1, 0.15) is 34.8 Å². The molecule has 0 amide bonds. The highest BCUT2D eigenvalue weighted by Crippen LogP contribution is 2.40. The summed E-state index contributed by atoms with van der Waals surface area (Å²) in [6, 6.07) is 7.39. The van der Waals surface area contributed by atoms with Crippen molar-refractivity contribution in [1.29, 1.82) is 0 Å². The molecular weight excluding hydrogens is 226 g/mol. The van der Waals surface area contributed by atoms with Gasteiger partial charge in [0, 0.05) is 6.04 Å². The van der Waals surface area contributed by atoms with Gasteiger partial charge in [0.2, 0.25) is 0 Å². The summed E-state index contributed by atoms with van der Waals surface area (Å²) in [6.45, 7) is 0. The van der Waals surface area contributed by atoms with Crippen LogP contribution in [0.15, 0.2) is 24.3 Å². The lowest BCUT2D eigenvalue weighted by molar-refractivity contribution is 0.0598. The average molecular weight is 242 g/mol. The van der Waals surface area contributed by atoms with E-state index in [1.165, 1.54) is 7.11 Å². The molecule has 1 aromatic rings. The van der Waals surface area contributed by atoms with Crippen LogP contribution >= 0.6 is 12.4 Å². The van der Waals surface area contributed by atoms with E-state index in [1.807, 2.05) is 18.2 Å². The quantitative estimate of drug-likeness (QED) is 0.827. The number of esters is 1. The predicted molar refractivity (Wildman–Crippen MR) is 64.7 cm³/mol. The Balaban J connectivity index is 0.00000128. The average Bonchev–Trinajstić information content (AvgIpc) is 3.11. The lowest BCUT2D eigenvalue weighted by atomic mass is 9.98. The van der Waals surface area contributed by atoms with Gasteiger partial charge in [-0.25, -0.2) is 4.79 Å². The monoisotopic (exact) mass is 241 g/mol. The minimum absolute atomic E-state index is 0. The van der Waals surface area contributed by atoms with Gasteiger partial charge in [-0.2, -0.15) is 0 Å². The minimum atomic E-state index is -0.304. The Hall–Kier alpha value is -1.06. The Morgan fingerprint density at radius 2 is 2.06 bits per heavy atom. The number of halogens is 1. The first-order valence-electron chi connectivity index (χ1n) is 5.17. The first-order valence-corrected chi connectivity index (χ1v) is 5.17. The summed E-state index contributed by atoms with van der Waals surface area (Å²) >= 11 is 0. The van der Waals surface area contributed by atoms with E-state index in [0.717, 1.165) is 18.4 Å². The van der Waals surface area contributed by atoms with E-state index in [4.69, 9.17) is 10.5 Å². The van der Waals surface area contributed by atoms with Crippen LogP contribution in [0, 0.1) is 5.92 Å². The Kier molecular flexibility index (Phi) is 4.33. The van der Waals surface area contributed by atoms with Gasteiger partial charge in [0.25, 0.3) is 0 Å². The molecule has 3 nitrogen and oxygen atoms in total. The molecule has 4 heteroatoms. The van der Waals surface area contributed by atoms with Crippen LogP contribution in [0.2, 0.25) is 0 Å². The van der Waals surface area contributed by atoms with E-state index in [2.05, 4.69) is 0 Å². The van der Waals surface area contributed by atoms with Gasteiger partial charge in [-0.3, -0.25) is 0 Å². The smallest absolute Gasteiger partial charge is 0.338 e. The molecule has 2 N–H and O–H groups in total. The zero-order valence-electron chi connectivity index (χ0n) is 9.18. The van der Waals surface area contributed by atoms with Gasteiger partial charge >= 0.3 is 5.97 Å². The van der Waals surface area contributed by atoms with E-state index in [0.29, 0.717) is 11.5 Å². The van der Waals surface area contributed by atoms with Gasteiger partial charge in [-0.1, -0.05) is 18.2 Å². The van der Waals surface area contributed by atoms with Crippen LogP contribution in [-0.4, -0.2) is 13.1 Å². The number of benzene rings is 1. The predicted octanol–water partition coefficient (Wildman–Crippen LogP) is 2.30. The van der Waals surface area contributed by atoms with Crippen molar-refractivity contribution in [3.8, 4) is 0 Å². The molecule has 0 radical (unpaired) electrons. The Bertz CT molecular complexity index is 377. The number of ether oxygens (including phenoxy) is 1. The van der Waals surface area contributed by atoms with Gasteiger partial charge in [0.15, 0.2) is 0 Å². The maximum absolute atomic E-state index is 11.5. The second-order valence-corrected chi connectivity index (χ2v) is 3.94. The number of rotatable bonds is 3. The van der Waals surface area contributed by atoms with Crippen LogP contribution in [0.5, 0.6) is 0 Å². The minimum Gasteiger partial charge on any atom is -0.465 e. The molecule has 0 bridgehead atoms. The number of hydrogen-bond acceptors (Lipinski definition) is 3. The molecule has 1 fully saturated rings. The molecular formula is C12H16ClNO2. The van der Waals surface area contributed by atoms with Gasteiger partial charge < -0.3 is 10.5 Å². The molecule has 0 saturated heterocycles. The molecule has 0 spiro atoms. The number of nitrogens with two attached hydrogens (primary N) is 1. The topological polar surface area (TPSA) is 52.3 Å². The molecule has 1 aliphatic carbocycles. The maximum Gasteiger partial charge on any atom is 0.338 e. The first-order chi connectivity index (χ1) is 7.24. The fourth-order valence-electron chi connectivity index (χ4n) is 1.79. The van der Waals surface area contributed by atoms with Crippen molar-refractivity contribution >= 4 is 18.4 Å². The number of carbonyl (C=O) groups is 1. The highest BCUT2D eigenvalue weighted by Gasteiger charge is 2.31. The highest BCUT2D eigenvalue weighted by molar-refractivity contribution is 5.91. The van der Waals surface area contributed by atoms with Crippen molar-refractivity contribution < 1.29 is 9.53 Å². The second-order valence-electron chi connectivity index (χ2n) is 3.94. The fraction of sp³-hybridized carbons (Fsp3) is 0.417.